The summed E-state index contributed by atoms with van der Waals surface area (Å²) in [5.74, 6) is 0.987. The molecule has 2 rings (SSSR count). The fourth-order valence-electron chi connectivity index (χ4n) is 2.34. The SMILES string of the molecule is C1=CN(CCC2CCCCC2)C=CN1. The molecule has 2 nitrogen and oxygen atoms in total. The summed E-state index contributed by atoms with van der Waals surface area (Å²) >= 11 is 0. The topological polar surface area (TPSA) is 15.3 Å². The molecule has 0 aromatic rings. The van der Waals surface area contributed by atoms with Gasteiger partial charge >= 0.3 is 0 Å². The highest BCUT2D eigenvalue weighted by Crippen LogP contribution is 2.26. The van der Waals surface area contributed by atoms with E-state index in [2.05, 4.69) is 22.6 Å². The number of hydrogen-bond donors (Lipinski definition) is 1. The largest absolute Gasteiger partial charge is 0.365 e. The zero-order valence-electron chi connectivity index (χ0n) is 8.78. The molecule has 0 aromatic carbocycles. The molecule has 0 radical (unpaired) electrons. The van der Waals surface area contributed by atoms with Gasteiger partial charge in [0, 0.05) is 31.3 Å². The van der Waals surface area contributed by atoms with Crippen molar-refractivity contribution < 1.29 is 0 Å². The minimum absolute atomic E-state index is 0.987. The highest BCUT2D eigenvalue weighted by atomic mass is 15.1. The first-order valence-electron chi connectivity index (χ1n) is 5.80. The molecule has 0 aromatic heterocycles. The van der Waals surface area contributed by atoms with Gasteiger partial charge in [0.25, 0.3) is 0 Å². The van der Waals surface area contributed by atoms with Gasteiger partial charge in [0.05, 0.1) is 0 Å². The Morgan fingerprint density at radius 1 is 1.07 bits per heavy atom. The summed E-state index contributed by atoms with van der Waals surface area (Å²) in [7, 11) is 0. The van der Waals surface area contributed by atoms with E-state index < -0.39 is 0 Å². The average Bonchev–Trinajstić information content (AvgIpc) is 2.29. The van der Waals surface area contributed by atoms with Crippen LogP contribution in [0.1, 0.15) is 38.5 Å². The Kier molecular flexibility index (Phi) is 3.50. The molecule has 78 valence electrons. The molecule has 2 heteroatoms. The van der Waals surface area contributed by atoms with Gasteiger partial charge in [0.15, 0.2) is 0 Å². The lowest BCUT2D eigenvalue weighted by Gasteiger charge is -2.25. The van der Waals surface area contributed by atoms with Crippen LogP contribution in [0, 0.1) is 5.92 Å². The number of nitrogens with zero attached hydrogens (tertiary/aromatic N) is 1. The van der Waals surface area contributed by atoms with E-state index in [0.717, 1.165) is 5.92 Å². The number of hydrogen-bond acceptors (Lipinski definition) is 2. The molecule has 2 aliphatic rings. The van der Waals surface area contributed by atoms with Crippen LogP contribution in [0.25, 0.3) is 0 Å². The highest BCUT2D eigenvalue weighted by Gasteiger charge is 2.13. The quantitative estimate of drug-likeness (QED) is 0.739. The molecule has 14 heavy (non-hydrogen) atoms. The minimum Gasteiger partial charge on any atom is -0.365 e. The molecular formula is C12H20N2. The Morgan fingerprint density at radius 3 is 2.50 bits per heavy atom. The Bertz CT molecular complexity index is 202. The van der Waals surface area contributed by atoms with Crippen molar-refractivity contribution in [3.05, 3.63) is 24.8 Å². The maximum atomic E-state index is 3.05. The van der Waals surface area contributed by atoms with Crippen molar-refractivity contribution in [2.75, 3.05) is 6.54 Å². The molecular weight excluding hydrogens is 172 g/mol. The smallest absolute Gasteiger partial charge is 0.0223 e. The van der Waals surface area contributed by atoms with Gasteiger partial charge < -0.3 is 10.2 Å². The lowest BCUT2D eigenvalue weighted by atomic mass is 9.87. The molecule has 1 aliphatic heterocycles. The Morgan fingerprint density at radius 2 is 1.79 bits per heavy atom. The molecule has 0 unspecified atom stereocenters. The fourth-order valence-corrected chi connectivity index (χ4v) is 2.34. The van der Waals surface area contributed by atoms with E-state index in [9.17, 15) is 0 Å². The van der Waals surface area contributed by atoms with Crippen LogP contribution in [0.2, 0.25) is 0 Å². The van der Waals surface area contributed by atoms with Crippen molar-refractivity contribution in [2.24, 2.45) is 5.92 Å². The molecule has 0 spiro atoms. The highest BCUT2D eigenvalue weighted by molar-refractivity contribution is 4.98. The third-order valence-corrected chi connectivity index (χ3v) is 3.24. The van der Waals surface area contributed by atoms with Crippen molar-refractivity contribution in [1.82, 2.24) is 10.2 Å². The molecule has 1 aliphatic carbocycles. The van der Waals surface area contributed by atoms with E-state index >= 15 is 0 Å². The van der Waals surface area contributed by atoms with Crippen LogP contribution >= 0.6 is 0 Å². The summed E-state index contributed by atoms with van der Waals surface area (Å²) in [6.07, 6.45) is 16.8. The van der Waals surface area contributed by atoms with Gasteiger partial charge in [0.2, 0.25) is 0 Å². The van der Waals surface area contributed by atoms with Crippen LogP contribution in [0.3, 0.4) is 0 Å². The maximum absolute atomic E-state index is 3.05. The minimum atomic E-state index is 0.987. The molecule has 0 amide bonds. The van der Waals surface area contributed by atoms with E-state index in [1.807, 2.05) is 12.4 Å². The lowest BCUT2D eigenvalue weighted by Crippen LogP contribution is -2.20. The summed E-state index contributed by atoms with van der Waals surface area (Å²) < 4.78 is 0. The van der Waals surface area contributed by atoms with Crippen molar-refractivity contribution in [2.45, 2.75) is 38.5 Å². The molecule has 1 N–H and O–H groups in total. The van der Waals surface area contributed by atoms with Gasteiger partial charge in [-0.1, -0.05) is 32.1 Å². The standard InChI is InChI=1S/C12H20N2/c1-2-4-12(5-3-1)6-9-14-10-7-13-8-11-14/h7-8,10-13H,1-6,9H2. The first-order chi connectivity index (χ1) is 6.95. The van der Waals surface area contributed by atoms with Gasteiger partial charge in [-0.05, 0) is 12.3 Å². The monoisotopic (exact) mass is 192 g/mol. The van der Waals surface area contributed by atoms with Crippen molar-refractivity contribution in [1.29, 1.82) is 0 Å². The van der Waals surface area contributed by atoms with Crippen LogP contribution < -0.4 is 5.32 Å². The zero-order valence-corrected chi connectivity index (χ0v) is 8.78. The van der Waals surface area contributed by atoms with Crippen molar-refractivity contribution in [3.63, 3.8) is 0 Å². The van der Waals surface area contributed by atoms with E-state index in [4.69, 9.17) is 0 Å². The van der Waals surface area contributed by atoms with Crippen LogP contribution in [0.15, 0.2) is 24.8 Å². The fraction of sp³-hybridized carbons (Fsp3) is 0.667. The van der Waals surface area contributed by atoms with Crippen LogP contribution in [0.5, 0.6) is 0 Å². The second-order valence-corrected chi connectivity index (χ2v) is 4.33. The Balaban J connectivity index is 1.67. The first-order valence-corrected chi connectivity index (χ1v) is 5.80. The van der Waals surface area contributed by atoms with Gasteiger partial charge in [0.1, 0.15) is 0 Å². The normalized spacial score (nSPS) is 22.4. The van der Waals surface area contributed by atoms with Crippen LogP contribution in [-0.4, -0.2) is 11.4 Å². The molecule has 0 saturated heterocycles. The third kappa shape index (κ3) is 2.79. The van der Waals surface area contributed by atoms with Crippen molar-refractivity contribution in [3.8, 4) is 0 Å². The van der Waals surface area contributed by atoms with Crippen molar-refractivity contribution >= 4 is 0 Å². The summed E-state index contributed by atoms with van der Waals surface area (Å²) in [6.45, 7) is 1.18. The van der Waals surface area contributed by atoms with Gasteiger partial charge in [-0.25, -0.2) is 0 Å². The Hall–Kier alpha value is -0.920. The van der Waals surface area contributed by atoms with E-state index in [0.29, 0.717) is 0 Å². The lowest BCUT2D eigenvalue weighted by molar-refractivity contribution is 0.310. The summed E-state index contributed by atoms with van der Waals surface area (Å²) in [4.78, 5) is 2.27. The number of nitrogens with one attached hydrogen (secondary N) is 1. The maximum Gasteiger partial charge on any atom is 0.0223 e. The molecule has 1 saturated carbocycles. The second kappa shape index (κ2) is 5.08. The molecule has 1 heterocycles. The van der Waals surface area contributed by atoms with E-state index in [-0.39, 0.29) is 0 Å². The molecule has 1 fully saturated rings. The predicted molar refractivity (Wildman–Crippen MR) is 59.3 cm³/mol. The Labute approximate surface area is 86.7 Å². The van der Waals surface area contributed by atoms with E-state index in [1.165, 1.54) is 45.1 Å². The third-order valence-electron chi connectivity index (χ3n) is 3.24. The summed E-state index contributed by atoms with van der Waals surface area (Å²) in [6, 6.07) is 0. The second-order valence-electron chi connectivity index (χ2n) is 4.33. The van der Waals surface area contributed by atoms with Crippen LogP contribution in [-0.2, 0) is 0 Å². The first kappa shape index (κ1) is 9.63. The van der Waals surface area contributed by atoms with E-state index in [1.54, 1.807) is 0 Å². The molecule has 0 bridgehead atoms. The zero-order chi connectivity index (χ0) is 9.64. The summed E-state index contributed by atoms with van der Waals surface area (Å²) in [5, 5.41) is 3.05. The predicted octanol–water partition coefficient (Wildman–Crippen LogP) is 2.80. The van der Waals surface area contributed by atoms with Gasteiger partial charge in [-0.3, -0.25) is 0 Å². The summed E-state index contributed by atoms with van der Waals surface area (Å²) in [5.41, 5.74) is 0. The molecule has 0 atom stereocenters. The average molecular weight is 192 g/mol. The van der Waals surface area contributed by atoms with Gasteiger partial charge in [-0.2, -0.15) is 0 Å². The number of rotatable bonds is 3. The van der Waals surface area contributed by atoms with Gasteiger partial charge in [-0.15, -0.1) is 0 Å². The van der Waals surface area contributed by atoms with Crippen LogP contribution in [0.4, 0.5) is 0 Å².